The molecule has 0 bridgehead atoms. The lowest BCUT2D eigenvalue weighted by molar-refractivity contribution is -0.114. The van der Waals surface area contributed by atoms with Crippen LogP contribution < -0.4 is 10.6 Å². The molecule has 29 heavy (non-hydrogen) atoms. The van der Waals surface area contributed by atoms with Gasteiger partial charge in [0.15, 0.2) is 10.1 Å². The average molecular weight is 431 g/mol. The molecule has 3 aromatic rings. The summed E-state index contributed by atoms with van der Waals surface area (Å²) in [6.07, 6.45) is 1.10. The van der Waals surface area contributed by atoms with Gasteiger partial charge in [0, 0.05) is 36.0 Å². The first-order valence-electron chi connectivity index (χ1n) is 8.89. The van der Waals surface area contributed by atoms with Crippen LogP contribution in [-0.2, 0) is 4.79 Å². The van der Waals surface area contributed by atoms with E-state index in [1.807, 2.05) is 18.2 Å². The molecule has 2 aromatic carbocycles. The van der Waals surface area contributed by atoms with Crippen LogP contribution in [0.4, 0.5) is 20.9 Å². The molecular formula is C20H19FN4O2S2. The van der Waals surface area contributed by atoms with Crippen molar-refractivity contribution in [2.24, 2.45) is 0 Å². The third-order valence-electron chi connectivity index (χ3n) is 3.78. The van der Waals surface area contributed by atoms with Gasteiger partial charge in [0.2, 0.25) is 11.0 Å². The molecule has 0 aliphatic heterocycles. The Bertz CT molecular complexity index is 992. The molecule has 6 nitrogen and oxygen atoms in total. The Morgan fingerprint density at radius 3 is 2.62 bits per heavy atom. The van der Waals surface area contributed by atoms with Crippen molar-refractivity contribution >= 4 is 51.3 Å². The normalized spacial score (nSPS) is 10.6. The average Bonchev–Trinajstić information content (AvgIpc) is 3.12. The number of nitrogens with one attached hydrogen (secondary N) is 2. The fourth-order valence-electron chi connectivity index (χ4n) is 2.49. The van der Waals surface area contributed by atoms with Crippen LogP contribution in [0.5, 0.6) is 0 Å². The number of nitrogens with zero attached hydrogens (tertiary/aromatic N) is 2. The first kappa shape index (κ1) is 20.9. The third kappa shape index (κ3) is 6.65. The van der Waals surface area contributed by atoms with Crippen LogP contribution in [0.15, 0.2) is 52.9 Å². The van der Waals surface area contributed by atoms with E-state index in [4.69, 9.17) is 0 Å². The Hall–Kier alpha value is -2.78. The van der Waals surface area contributed by atoms with Crippen molar-refractivity contribution in [1.29, 1.82) is 0 Å². The molecule has 9 heteroatoms. The Balaban J connectivity index is 1.45. The number of benzene rings is 2. The second-order valence-corrected chi connectivity index (χ2v) is 8.46. The maximum absolute atomic E-state index is 12.9. The van der Waals surface area contributed by atoms with E-state index in [1.165, 1.54) is 54.3 Å². The molecule has 2 N–H and O–H groups in total. The number of hydrogen-bond acceptors (Lipinski definition) is 7. The van der Waals surface area contributed by atoms with Gasteiger partial charge in [-0.25, -0.2) is 4.39 Å². The molecule has 1 aromatic heterocycles. The Labute approximate surface area is 175 Å². The second kappa shape index (κ2) is 10.1. The summed E-state index contributed by atoms with van der Waals surface area (Å²) in [7, 11) is 0. The minimum absolute atomic E-state index is 0.00396. The van der Waals surface area contributed by atoms with Crippen molar-refractivity contribution < 1.29 is 14.0 Å². The standard InChI is InChI=1S/C20H19FN4O2S2/c1-13(26)22-16-4-2-5-17(12-16)23-19-24-25-20(29-19)28-11-3-6-18(27)14-7-9-15(21)10-8-14/h2,4-5,7-10,12H,3,6,11H2,1H3,(H,22,26)(H,23,24). The number of ketones is 1. The summed E-state index contributed by atoms with van der Waals surface area (Å²) >= 11 is 2.96. The lowest BCUT2D eigenvalue weighted by Gasteiger charge is -2.05. The Morgan fingerprint density at radius 2 is 1.86 bits per heavy atom. The van der Waals surface area contributed by atoms with Gasteiger partial charge >= 0.3 is 0 Å². The number of aromatic nitrogens is 2. The number of hydrogen-bond donors (Lipinski definition) is 2. The highest BCUT2D eigenvalue weighted by atomic mass is 32.2. The van der Waals surface area contributed by atoms with Gasteiger partial charge < -0.3 is 10.6 Å². The van der Waals surface area contributed by atoms with Crippen LogP contribution in [0, 0.1) is 5.82 Å². The molecular weight excluding hydrogens is 411 g/mol. The molecule has 0 saturated heterocycles. The summed E-state index contributed by atoms with van der Waals surface area (Å²) in [6, 6.07) is 12.9. The number of amides is 1. The van der Waals surface area contributed by atoms with Crippen molar-refractivity contribution in [3.05, 3.63) is 59.9 Å². The van der Waals surface area contributed by atoms with Gasteiger partial charge in [-0.2, -0.15) is 0 Å². The van der Waals surface area contributed by atoms with Crippen LogP contribution in [0.3, 0.4) is 0 Å². The van der Waals surface area contributed by atoms with Crippen molar-refractivity contribution in [3.8, 4) is 0 Å². The van der Waals surface area contributed by atoms with E-state index in [9.17, 15) is 14.0 Å². The van der Waals surface area contributed by atoms with Gasteiger partial charge in [-0.3, -0.25) is 9.59 Å². The van der Waals surface area contributed by atoms with Gasteiger partial charge in [0.1, 0.15) is 5.82 Å². The summed E-state index contributed by atoms with van der Waals surface area (Å²) in [5.74, 6) is 0.262. The molecule has 0 spiro atoms. The lowest BCUT2D eigenvalue weighted by Crippen LogP contribution is -2.05. The van der Waals surface area contributed by atoms with E-state index < -0.39 is 0 Å². The van der Waals surface area contributed by atoms with Crippen molar-refractivity contribution in [1.82, 2.24) is 10.2 Å². The zero-order chi connectivity index (χ0) is 20.6. The lowest BCUT2D eigenvalue weighted by atomic mass is 10.1. The molecule has 0 atom stereocenters. The van der Waals surface area contributed by atoms with E-state index in [1.54, 1.807) is 6.07 Å². The van der Waals surface area contributed by atoms with Crippen molar-refractivity contribution in [2.45, 2.75) is 24.1 Å². The molecule has 1 heterocycles. The molecule has 0 unspecified atom stereocenters. The summed E-state index contributed by atoms with van der Waals surface area (Å²) < 4.78 is 13.7. The molecule has 0 saturated carbocycles. The number of carbonyl (C=O) groups is 2. The maximum Gasteiger partial charge on any atom is 0.221 e. The van der Waals surface area contributed by atoms with Gasteiger partial charge in [-0.1, -0.05) is 29.2 Å². The largest absolute Gasteiger partial charge is 0.330 e. The molecule has 150 valence electrons. The number of rotatable bonds is 9. The SMILES string of the molecule is CC(=O)Nc1cccc(Nc2nnc(SCCCC(=O)c3ccc(F)cc3)s2)c1. The zero-order valence-corrected chi connectivity index (χ0v) is 17.3. The van der Waals surface area contributed by atoms with Crippen LogP contribution >= 0.6 is 23.1 Å². The highest BCUT2D eigenvalue weighted by Crippen LogP contribution is 2.29. The van der Waals surface area contributed by atoms with Gasteiger partial charge in [-0.15, -0.1) is 10.2 Å². The quantitative estimate of drug-likeness (QED) is 0.278. The number of Topliss-reactive ketones (excluding diaryl/α,β-unsaturated/α-hetero) is 1. The van der Waals surface area contributed by atoms with E-state index in [0.717, 1.165) is 15.8 Å². The van der Waals surface area contributed by atoms with E-state index >= 15 is 0 Å². The molecule has 0 radical (unpaired) electrons. The highest BCUT2D eigenvalue weighted by Gasteiger charge is 2.08. The Kier molecular flexibility index (Phi) is 7.31. The highest BCUT2D eigenvalue weighted by molar-refractivity contribution is 8.01. The molecule has 0 aliphatic carbocycles. The van der Waals surface area contributed by atoms with Crippen LogP contribution in [0.2, 0.25) is 0 Å². The number of carbonyl (C=O) groups excluding carboxylic acids is 2. The summed E-state index contributed by atoms with van der Waals surface area (Å²) in [4.78, 5) is 23.2. The number of anilines is 3. The van der Waals surface area contributed by atoms with E-state index in [0.29, 0.717) is 29.2 Å². The van der Waals surface area contributed by atoms with Gasteiger partial charge in [0.05, 0.1) is 0 Å². The minimum Gasteiger partial charge on any atom is -0.330 e. The van der Waals surface area contributed by atoms with Gasteiger partial charge in [0.25, 0.3) is 0 Å². The third-order valence-corrected chi connectivity index (χ3v) is 5.84. The fourth-order valence-corrected chi connectivity index (χ4v) is 4.27. The van der Waals surface area contributed by atoms with Gasteiger partial charge in [-0.05, 0) is 48.9 Å². The summed E-state index contributed by atoms with van der Waals surface area (Å²) in [5.41, 5.74) is 2.03. The summed E-state index contributed by atoms with van der Waals surface area (Å²) in [6.45, 7) is 1.46. The maximum atomic E-state index is 12.9. The van der Waals surface area contributed by atoms with Crippen molar-refractivity contribution in [3.63, 3.8) is 0 Å². The van der Waals surface area contributed by atoms with Crippen LogP contribution in [0.25, 0.3) is 0 Å². The minimum atomic E-state index is -0.348. The summed E-state index contributed by atoms with van der Waals surface area (Å²) in [5, 5.41) is 14.8. The van der Waals surface area contributed by atoms with E-state index in [-0.39, 0.29) is 17.5 Å². The first-order chi connectivity index (χ1) is 14.0. The topological polar surface area (TPSA) is 84.0 Å². The molecule has 1 amide bonds. The van der Waals surface area contributed by atoms with Crippen LogP contribution in [-0.4, -0.2) is 27.6 Å². The molecule has 0 aliphatic rings. The predicted molar refractivity (Wildman–Crippen MR) is 115 cm³/mol. The first-order valence-corrected chi connectivity index (χ1v) is 10.7. The second-order valence-electron chi connectivity index (χ2n) is 6.14. The predicted octanol–water partition coefficient (Wildman–Crippen LogP) is 5.13. The monoisotopic (exact) mass is 430 g/mol. The zero-order valence-electron chi connectivity index (χ0n) is 15.6. The number of thioether (sulfide) groups is 1. The molecule has 3 rings (SSSR count). The van der Waals surface area contributed by atoms with E-state index in [2.05, 4.69) is 20.8 Å². The molecule has 0 fully saturated rings. The number of halogens is 1. The van der Waals surface area contributed by atoms with Crippen molar-refractivity contribution in [2.75, 3.05) is 16.4 Å². The smallest absolute Gasteiger partial charge is 0.221 e. The Morgan fingerprint density at radius 1 is 1.10 bits per heavy atom. The fraction of sp³-hybridized carbons (Fsp3) is 0.200. The van der Waals surface area contributed by atoms with Crippen LogP contribution in [0.1, 0.15) is 30.1 Å².